The Morgan fingerprint density at radius 1 is 0.743 bits per heavy atom. The van der Waals surface area contributed by atoms with Crippen molar-refractivity contribution in [3.05, 3.63) is 23.8 Å². The zero-order chi connectivity index (χ0) is 24.0. The van der Waals surface area contributed by atoms with Crippen molar-refractivity contribution < 1.29 is 9.47 Å². The topological polar surface area (TPSA) is 18.5 Å². The maximum absolute atomic E-state index is 6.65. The van der Waals surface area contributed by atoms with Crippen molar-refractivity contribution in [1.29, 1.82) is 0 Å². The zero-order valence-electron chi connectivity index (χ0n) is 22.7. The lowest BCUT2D eigenvalue weighted by molar-refractivity contribution is 0.0193. The number of ether oxygens (including phenoxy) is 2. The largest absolute Gasteiger partial charge is 0.467 e. The molecule has 0 unspecified atom stereocenters. The van der Waals surface area contributed by atoms with Gasteiger partial charge in [-0.1, -0.05) is 46.9 Å². The highest BCUT2D eigenvalue weighted by Gasteiger charge is 2.63. The molecule has 0 N–H and O–H groups in total. The number of methoxy groups -OCH3 is 1. The molecular weight excluding hydrogens is 447 g/mol. The third-order valence-electron chi connectivity index (χ3n) is 11.3. The minimum absolute atomic E-state index is 0.0724. The summed E-state index contributed by atoms with van der Waals surface area (Å²) < 4.78 is 12.2. The third-order valence-corrected chi connectivity index (χ3v) is 15.2. The predicted octanol–water partition coefficient (Wildman–Crippen LogP) is 8.01. The highest BCUT2D eigenvalue weighted by atomic mass is 31.1. The molecule has 2 nitrogen and oxygen atoms in total. The fraction of sp³-hybridized carbons (Fsp3) is 0.812. The van der Waals surface area contributed by atoms with Crippen molar-refractivity contribution >= 4 is 13.2 Å². The first kappa shape index (κ1) is 23.5. The predicted molar refractivity (Wildman–Crippen MR) is 146 cm³/mol. The molecular formula is C32H47O2P. The number of hydrogen-bond acceptors (Lipinski definition) is 2. The molecule has 35 heavy (non-hydrogen) atoms. The van der Waals surface area contributed by atoms with E-state index >= 15 is 0 Å². The van der Waals surface area contributed by atoms with Gasteiger partial charge in [0.15, 0.2) is 6.79 Å². The molecule has 1 aromatic rings. The molecule has 0 saturated heterocycles. The Labute approximate surface area is 215 Å². The van der Waals surface area contributed by atoms with E-state index in [1.807, 2.05) is 0 Å². The Kier molecular flexibility index (Phi) is 5.51. The number of rotatable bonds is 6. The Morgan fingerprint density at radius 3 is 1.54 bits per heavy atom. The minimum Gasteiger partial charge on any atom is -0.467 e. The van der Waals surface area contributed by atoms with Crippen LogP contribution in [0.1, 0.15) is 103 Å². The van der Waals surface area contributed by atoms with E-state index in [0.29, 0.717) is 17.1 Å². The molecule has 9 rings (SSSR count). The Bertz CT molecular complexity index is 860. The monoisotopic (exact) mass is 494 g/mol. The molecule has 8 saturated carbocycles. The maximum Gasteiger partial charge on any atom is 0.188 e. The summed E-state index contributed by atoms with van der Waals surface area (Å²) in [6, 6.07) is 7.29. The standard InChI is InChI=1S/C32H47O2P/c1-30(2,3)27-6-5-7-28(29(27)34-20-33-4)35(31-14-21-8-22(15-31)10-23(9-21)16-31)32-17-24-11-25(18-32)13-26(12-24)19-32/h5-7,21-26H,8-20H2,1-4H3. The molecule has 0 amide bonds. The van der Waals surface area contributed by atoms with Gasteiger partial charge in [-0.3, -0.25) is 0 Å². The average molecular weight is 495 g/mol. The van der Waals surface area contributed by atoms with Crippen LogP contribution >= 0.6 is 7.92 Å². The number of hydrogen-bond donors (Lipinski definition) is 0. The number of para-hydroxylation sites is 1. The second-order valence-electron chi connectivity index (χ2n) is 15.1. The van der Waals surface area contributed by atoms with Gasteiger partial charge >= 0.3 is 0 Å². The molecule has 0 aliphatic heterocycles. The maximum atomic E-state index is 6.65. The number of benzene rings is 1. The van der Waals surface area contributed by atoms with E-state index in [0.717, 1.165) is 35.5 Å². The molecule has 8 aliphatic rings. The fourth-order valence-electron chi connectivity index (χ4n) is 11.3. The van der Waals surface area contributed by atoms with Crippen LogP contribution < -0.4 is 10.0 Å². The molecule has 0 spiro atoms. The van der Waals surface area contributed by atoms with Gasteiger partial charge < -0.3 is 9.47 Å². The Balaban J connectivity index is 1.41. The Hall–Kier alpha value is -0.590. The highest BCUT2D eigenvalue weighted by Crippen LogP contribution is 2.78. The smallest absolute Gasteiger partial charge is 0.188 e. The van der Waals surface area contributed by atoms with Gasteiger partial charge in [-0.05, 0) is 128 Å². The summed E-state index contributed by atoms with van der Waals surface area (Å²) in [7, 11) is 1.49. The molecule has 8 bridgehead atoms. The highest BCUT2D eigenvalue weighted by molar-refractivity contribution is 7.69. The lowest BCUT2D eigenvalue weighted by atomic mass is 9.55. The lowest BCUT2D eigenvalue weighted by Gasteiger charge is -2.67. The van der Waals surface area contributed by atoms with E-state index in [9.17, 15) is 0 Å². The van der Waals surface area contributed by atoms with Crippen LogP contribution in [0.4, 0.5) is 0 Å². The van der Waals surface area contributed by atoms with Crippen LogP contribution in [0.5, 0.6) is 5.75 Å². The minimum atomic E-state index is -0.285. The summed E-state index contributed by atoms with van der Waals surface area (Å²) in [5.74, 6) is 7.27. The second kappa shape index (κ2) is 8.20. The van der Waals surface area contributed by atoms with E-state index in [1.54, 1.807) is 12.4 Å². The second-order valence-corrected chi connectivity index (χ2v) is 18.1. The van der Waals surface area contributed by atoms with Gasteiger partial charge in [0, 0.05) is 18.0 Å². The molecule has 8 aliphatic carbocycles. The van der Waals surface area contributed by atoms with Crippen molar-refractivity contribution in [2.24, 2.45) is 35.5 Å². The normalized spacial score (nSPS) is 44.1. The zero-order valence-corrected chi connectivity index (χ0v) is 23.5. The van der Waals surface area contributed by atoms with Gasteiger partial charge in [0.2, 0.25) is 0 Å². The SMILES string of the molecule is COCOc1c(P(C23CC4CC(CC(C4)C2)C3)C23CC4CC(CC(C4)C2)C3)cccc1C(C)(C)C. The van der Waals surface area contributed by atoms with Crippen LogP contribution in [0.25, 0.3) is 0 Å². The Morgan fingerprint density at radius 2 is 1.17 bits per heavy atom. The van der Waals surface area contributed by atoms with E-state index < -0.39 is 0 Å². The average Bonchev–Trinajstić information content (AvgIpc) is 2.75. The third kappa shape index (κ3) is 3.78. The summed E-state index contributed by atoms with van der Waals surface area (Å²) >= 11 is 0. The van der Waals surface area contributed by atoms with Crippen LogP contribution in [0.15, 0.2) is 18.2 Å². The molecule has 8 fully saturated rings. The first-order valence-electron chi connectivity index (χ1n) is 14.8. The van der Waals surface area contributed by atoms with Crippen LogP contribution in [0, 0.1) is 35.5 Å². The van der Waals surface area contributed by atoms with Gasteiger partial charge in [-0.2, -0.15) is 0 Å². The van der Waals surface area contributed by atoms with E-state index in [2.05, 4.69) is 39.0 Å². The van der Waals surface area contributed by atoms with Crippen molar-refractivity contribution in [3.8, 4) is 5.75 Å². The summed E-state index contributed by atoms with van der Waals surface area (Å²) in [5.41, 5.74) is 1.47. The summed E-state index contributed by atoms with van der Waals surface area (Å²) in [6.45, 7) is 7.46. The summed E-state index contributed by atoms with van der Waals surface area (Å²) in [6.07, 6.45) is 18.4. The van der Waals surface area contributed by atoms with Gasteiger partial charge in [0.25, 0.3) is 0 Å². The van der Waals surface area contributed by atoms with Gasteiger partial charge in [0.1, 0.15) is 5.75 Å². The molecule has 0 radical (unpaired) electrons. The molecule has 0 atom stereocenters. The van der Waals surface area contributed by atoms with E-state index in [1.165, 1.54) is 88.4 Å². The van der Waals surface area contributed by atoms with Crippen LogP contribution in [-0.2, 0) is 10.2 Å². The van der Waals surface area contributed by atoms with Gasteiger partial charge in [-0.15, -0.1) is 0 Å². The molecule has 0 heterocycles. The molecule has 1 aromatic carbocycles. The molecule has 3 heteroatoms. The van der Waals surface area contributed by atoms with Gasteiger partial charge in [-0.25, -0.2) is 0 Å². The van der Waals surface area contributed by atoms with Crippen molar-refractivity contribution in [2.45, 2.75) is 114 Å². The van der Waals surface area contributed by atoms with E-state index in [4.69, 9.17) is 9.47 Å². The van der Waals surface area contributed by atoms with E-state index in [-0.39, 0.29) is 13.3 Å². The fourth-order valence-corrected chi connectivity index (χ4v) is 16.5. The summed E-state index contributed by atoms with van der Waals surface area (Å²) in [5, 5.41) is 2.78. The quantitative estimate of drug-likeness (QED) is 0.294. The lowest BCUT2D eigenvalue weighted by Crippen LogP contribution is -2.58. The van der Waals surface area contributed by atoms with Crippen molar-refractivity contribution in [2.75, 3.05) is 13.9 Å². The van der Waals surface area contributed by atoms with Crippen molar-refractivity contribution in [1.82, 2.24) is 0 Å². The van der Waals surface area contributed by atoms with Crippen LogP contribution in [0.3, 0.4) is 0 Å². The van der Waals surface area contributed by atoms with Crippen LogP contribution in [-0.4, -0.2) is 24.2 Å². The van der Waals surface area contributed by atoms with Crippen LogP contribution in [0.2, 0.25) is 0 Å². The van der Waals surface area contributed by atoms with Crippen molar-refractivity contribution in [3.63, 3.8) is 0 Å². The van der Waals surface area contributed by atoms with Gasteiger partial charge in [0.05, 0.1) is 0 Å². The molecule has 192 valence electrons. The first-order valence-corrected chi connectivity index (χ1v) is 16.2. The first-order chi connectivity index (χ1) is 16.8. The summed E-state index contributed by atoms with van der Waals surface area (Å²) in [4.78, 5) is 0. The molecule has 0 aromatic heterocycles.